The van der Waals surface area contributed by atoms with E-state index in [-0.39, 0.29) is 34.9 Å². The topological polar surface area (TPSA) is 80.1 Å². The van der Waals surface area contributed by atoms with Gasteiger partial charge in [-0.15, -0.1) is 0 Å². The van der Waals surface area contributed by atoms with Gasteiger partial charge in [0.1, 0.15) is 24.4 Å². The first kappa shape index (κ1) is 31.6. The summed E-state index contributed by atoms with van der Waals surface area (Å²) in [5, 5.41) is 11.9. The molecule has 232 valence electrons. The molecular weight excluding hydrogens is 598 g/mol. The van der Waals surface area contributed by atoms with Crippen LogP contribution in [0.1, 0.15) is 31.4 Å². The average molecular weight is 636 g/mol. The van der Waals surface area contributed by atoms with Gasteiger partial charge in [-0.3, -0.25) is 4.90 Å². The largest absolute Gasteiger partial charge is 0.495 e. The molecule has 1 saturated carbocycles. The minimum atomic E-state index is -4.49. The molecule has 1 aliphatic heterocycles. The van der Waals surface area contributed by atoms with E-state index < -0.39 is 12.7 Å². The Labute approximate surface area is 254 Å². The van der Waals surface area contributed by atoms with Gasteiger partial charge in [0, 0.05) is 37.6 Å². The van der Waals surface area contributed by atoms with Gasteiger partial charge in [-0.1, -0.05) is 12.0 Å². The molecule has 2 fully saturated rings. The van der Waals surface area contributed by atoms with E-state index >= 15 is 0 Å². The molecule has 1 aromatic carbocycles. The van der Waals surface area contributed by atoms with Crippen LogP contribution < -0.4 is 20.7 Å². The Bertz CT molecular complexity index is 1550. The summed E-state index contributed by atoms with van der Waals surface area (Å²) in [5.74, 6) is 6.91. The second-order valence-electron chi connectivity index (χ2n) is 11.3. The highest BCUT2D eigenvalue weighted by molar-refractivity contribution is 8.00. The van der Waals surface area contributed by atoms with Crippen molar-refractivity contribution in [2.24, 2.45) is 0 Å². The Kier molecular flexibility index (Phi) is 9.57. The zero-order chi connectivity index (χ0) is 30.8. The van der Waals surface area contributed by atoms with Crippen LogP contribution in [-0.2, 0) is 9.30 Å². The van der Waals surface area contributed by atoms with Crippen molar-refractivity contribution in [3.05, 3.63) is 42.1 Å². The molecule has 3 heterocycles. The van der Waals surface area contributed by atoms with Crippen LogP contribution in [0, 0.1) is 11.8 Å². The molecular formula is C30H37F3N5O3PS. The molecule has 2 aliphatic rings. The molecule has 1 aliphatic carbocycles. The third-order valence-electron chi connectivity index (χ3n) is 7.99. The van der Waals surface area contributed by atoms with Crippen molar-refractivity contribution in [3.63, 3.8) is 0 Å². The zero-order valence-corrected chi connectivity index (χ0v) is 26.4. The first-order valence-corrected chi connectivity index (χ1v) is 17.6. The number of methoxy groups -OCH3 is 2. The maximum Gasteiger partial charge on any atom is 0.446 e. The van der Waals surface area contributed by atoms with Crippen molar-refractivity contribution >= 4 is 41.2 Å². The van der Waals surface area contributed by atoms with Crippen LogP contribution in [0.4, 0.5) is 24.7 Å². The molecule has 5 rings (SSSR count). The predicted molar refractivity (Wildman–Crippen MR) is 167 cm³/mol. The lowest BCUT2D eigenvalue weighted by Gasteiger charge is -2.46. The number of halogens is 3. The van der Waals surface area contributed by atoms with Crippen molar-refractivity contribution in [3.8, 4) is 17.6 Å². The van der Waals surface area contributed by atoms with Gasteiger partial charge in [-0.2, -0.15) is 18.3 Å². The van der Waals surface area contributed by atoms with E-state index in [1.807, 2.05) is 6.07 Å². The van der Waals surface area contributed by atoms with Gasteiger partial charge < -0.3 is 24.7 Å². The Morgan fingerprint density at radius 1 is 1.12 bits per heavy atom. The predicted octanol–water partition coefficient (Wildman–Crippen LogP) is 5.72. The van der Waals surface area contributed by atoms with Crippen molar-refractivity contribution in [2.75, 3.05) is 57.8 Å². The first-order valence-electron chi connectivity index (χ1n) is 14.2. The molecule has 8 nitrogen and oxygen atoms in total. The van der Waals surface area contributed by atoms with E-state index in [0.29, 0.717) is 40.2 Å². The van der Waals surface area contributed by atoms with E-state index in [2.05, 4.69) is 32.5 Å². The van der Waals surface area contributed by atoms with Crippen LogP contribution in [0.2, 0.25) is 0 Å². The van der Waals surface area contributed by atoms with Gasteiger partial charge in [0.15, 0.2) is 0 Å². The fourth-order valence-corrected chi connectivity index (χ4v) is 7.14. The summed E-state index contributed by atoms with van der Waals surface area (Å²) in [4.78, 5) is 2.44. The molecule has 2 aromatic heterocycles. The van der Waals surface area contributed by atoms with Gasteiger partial charge in [-0.05, 0) is 87.0 Å². The fraction of sp³-hybridized carbons (Fsp3) is 0.500. The lowest BCUT2D eigenvalue weighted by Crippen LogP contribution is -2.57. The SMILES string of the molecule is COc1cc(P(C)(C)=O)ccc1NCC#Cc1nn2c(NC3CCC(N4CC(OC)C4)CC3)cccc2c1SC(F)(F)F. The lowest BCUT2D eigenvalue weighted by molar-refractivity contribution is -0.0574. The standard InChI is InChI=1S/C30H37F3N5O3PS/c1-40-22-18-37(19-22)21-12-10-20(11-13-21)35-28-9-5-8-26-29(43-30(31,32)33)25(36-38(26)28)7-6-16-34-24-15-14-23(42(3,4)39)17-27(24)41-2/h5,8-9,14-15,17,20-22,34-35H,10-13,16,18-19H2,1-4H3. The second-order valence-corrected chi connectivity index (χ2v) is 15.6. The van der Waals surface area contributed by atoms with Crippen molar-refractivity contribution in [1.82, 2.24) is 14.5 Å². The molecule has 13 heteroatoms. The molecule has 0 unspecified atom stereocenters. The molecule has 43 heavy (non-hydrogen) atoms. The van der Waals surface area contributed by atoms with Gasteiger partial charge in [0.05, 0.1) is 35.9 Å². The fourth-order valence-electron chi connectivity index (χ4n) is 5.59. The van der Waals surface area contributed by atoms with Crippen molar-refractivity contribution in [1.29, 1.82) is 0 Å². The number of ether oxygens (including phenoxy) is 2. The number of hydrogen-bond donors (Lipinski definition) is 2. The lowest BCUT2D eigenvalue weighted by atomic mass is 9.88. The number of aromatic nitrogens is 2. The number of benzene rings is 1. The smallest absolute Gasteiger partial charge is 0.446 e. The van der Waals surface area contributed by atoms with Gasteiger partial charge in [-0.25, -0.2) is 4.52 Å². The molecule has 0 atom stereocenters. The zero-order valence-electron chi connectivity index (χ0n) is 24.7. The highest BCUT2D eigenvalue weighted by Crippen LogP contribution is 2.41. The van der Waals surface area contributed by atoms with Crippen molar-refractivity contribution in [2.45, 2.75) is 54.3 Å². The number of fused-ring (bicyclic) bond motifs is 1. The van der Waals surface area contributed by atoms with Crippen molar-refractivity contribution < 1.29 is 27.2 Å². The molecule has 2 N–H and O–H groups in total. The van der Waals surface area contributed by atoms with Crippen LogP contribution in [0.15, 0.2) is 41.3 Å². The summed E-state index contributed by atoms with van der Waals surface area (Å²) in [6.07, 6.45) is 4.39. The highest BCUT2D eigenvalue weighted by atomic mass is 32.2. The minimum absolute atomic E-state index is 0.0265. The monoisotopic (exact) mass is 635 g/mol. The molecule has 1 saturated heterocycles. The number of pyridine rings is 1. The summed E-state index contributed by atoms with van der Waals surface area (Å²) < 4.78 is 65.6. The molecule has 0 amide bonds. The summed E-state index contributed by atoms with van der Waals surface area (Å²) in [6.45, 7) is 5.47. The summed E-state index contributed by atoms with van der Waals surface area (Å²) >= 11 is -0.199. The number of hydrogen-bond acceptors (Lipinski definition) is 8. The number of alkyl halides is 3. The quantitative estimate of drug-likeness (QED) is 0.176. The van der Waals surface area contributed by atoms with Crippen LogP contribution in [0.25, 0.3) is 5.52 Å². The van der Waals surface area contributed by atoms with Gasteiger partial charge in [0.2, 0.25) is 0 Å². The van der Waals surface area contributed by atoms with Crippen LogP contribution in [0.5, 0.6) is 5.75 Å². The number of rotatable bonds is 9. The minimum Gasteiger partial charge on any atom is -0.495 e. The number of nitrogens with one attached hydrogen (secondary N) is 2. The van der Waals surface area contributed by atoms with E-state index in [4.69, 9.17) is 9.47 Å². The molecule has 0 radical (unpaired) electrons. The second kappa shape index (κ2) is 13.0. The molecule has 0 spiro atoms. The Morgan fingerprint density at radius 2 is 1.86 bits per heavy atom. The number of nitrogens with zero attached hydrogens (tertiary/aromatic N) is 3. The van der Waals surface area contributed by atoms with E-state index in [9.17, 15) is 17.7 Å². The highest BCUT2D eigenvalue weighted by Gasteiger charge is 2.35. The third kappa shape index (κ3) is 7.63. The first-order chi connectivity index (χ1) is 20.4. The number of thioether (sulfide) groups is 1. The molecule has 3 aromatic rings. The number of likely N-dealkylation sites (tertiary alicyclic amines) is 1. The maximum atomic E-state index is 13.6. The number of anilines is 2. The summed E-state index contributed by atoms with van der Waals surface area (Å²) in [5.41, 5.74) is -3.44. The van der Waals surface area contributed by atoms with E-state index in [0.717, 1.165) is 38.8 Å². The average Bonchev–Trinajstić information content (AvgIpc) is 3.27. The summed E-state index contributed by atoms with van der Waals surface area (Å²) in [7, 11) is 0.805. The van der Waals surface area contributed by atoms with E-state index in [1.54, 1.807) is 50.8 Å². The Balaban J connectivity index is 1.31. The Hall–Kier alpha value is -2.84. The normalized spacial score (nSPS) is 19.9. The van der Waals surface area contributed by atoms with Crippen LogP contribution >= 0.6 is 18.9 Å². The van der Waals surface area contributed by atoms with Gasteiger partial charge >= 0.3 is 5.51 Å². The Morgan fingerprint density at radius 3 is 2.51 bits per heavy atom. The van der Waals surface area contributed by atoms with Crippen LogP contribution in [-0.4, -0.2) is 85.4 Å². The van der Waals surface area contributed by atoms with Gasteiger partial charge in [0.25, 0.3) is 0 Å². The third-order valence-corrected chi connectivity index (χ3v) is 10.3. The summed E-state index contributed by atoms with van der Waals surface area (Å²) in [6, 6.07) is 11.2. The maximum absolute atomic E-state index is 13.6. The molecule has 0 bridgehead atoms. The van der Waals surface area contributed by atoms with Crippen LogP contribution in [0.3, 0.4) is 0 Å². The van der Waals surface area contributed by atoms with E-state index in [1.165, 1.54) is 11.6 Å².